The van der Waals surface area contributed by atoms with Gasteiger partial charge >= 0.3 is 0 Å². The zero-order valence-corrected chi connectivity index (χ0v) is 15.0. The van der Waals surface area contributed by atoms with E-state index in [9.17, 15) is 0 Å². The molecule has 4 unspecified atom stereocenters. The molecule has 2 heteroatoms. The van der Waals surface area contributed by atoms with Crippen LogP contribution in [0.3, 0.4) is 0 Å². The first-order valence-electron chi connectivity index (χ1n) is 8.33. The van der Waals surface area contributed by atoms with Crippen LogP contribution in [0.25, 0.3) is 0 Å². The van der Waals surface area contributed by atoms with Gasteiger partial charge in [-0.3, -0.25) is 0 Å². The second-order valence-corrected chi connectivity index (χ2v) is 9.40. The number of halogens is 1. The van der Waals surface area contributed by atoms with E-state index >= 15 is 0 Å². The summed E-state index contributed by atoms with van der Waals surface area (Å²) in [4.78, 5) is 1.50. The topological polar surface area (TPSA) is 0 Å². The van der Waals surface area contributed by atoms with Gasteiger partial charge in [-0.2, -0.15) is 0 Å². The van der Waals surface area contributed by atoms with Gasteiger partial charge in [0.25, 0.3) is 0 Å². The van der Waals surface area contributed by atoms with E-state index in [-0.39, 0.29) is 0 Å². The zero-order chi connectivity index (χ0) is 15.0. The Morgan fingerprint density at radius 3 is 2.76 bits per heavy atom. The van der Waals surface area contributed by atoms with Gasteiger partial charge < -0.3 is 0 Å². The Kier molecular flexibility index (Phi) is 4.62. The lowest BCUT2D eigenvalue weighted by molar-refractivity contribution is 0.125. The van der Waals surface area contributed by atoms with Crippen molar-refractivity contribution in [1.29, 1.82) is 0 Å². The molecule has 1 heterocycles. The van der Waals surface area contributed by atoms with Crippen molar-refractivity contribution >= 4 is 23.4 Å². The van der Waals surface area contributed by atoms with Crippen LogP contribution >= 0.6 is 23.4 Å². The molecular formula is C19H27ClS. The first-order valence-corrected chi connectivity index (χ1v) is 9.75. The molecule has 2 aliphatic rings. The normalized spacial score (nSPS) is 33.0. The van der Waals surface area contributed by atoms with Crippen LogP contribution in [-0.4, -0.2) is 11.1 Å². The van der Waals surface area contributed by atoms with Crippen LogP contribution in [0.1, 0.15) is 57.9 Å². The minimum absolute atomic E-state index is 0.342. The molecule has 1 aliphatic carbocycles. The first kappa shape index (κ1) is 15.7. The summed E-state index contributed by atoms with van der Waals surface area (Å²) in [7, 11) is 0. The van der Waals surface area contributed by atoms with Crippen LogP contribution < -0.4 is 0 Å². The highest BCUT2D eigenvalue weighted by Crippen LogP contribution is 2.50. The van der Waals surface area contributed by atoms with Gasteiger partial charge in [0.2, 0.25) is 0 Å². The summed E-state index contributed by atoms with van der Waals surface area (Å²) >= 11 is 8.77. The molecule has 0 saturated heterocycles. The molecule has 21 heavy (non-hydrogen) atoms. The van der Waals surface area contributed by atoms with Gasteiger partial charge in [-0.1, -0.05) is 45.4 Å². The number of hydrogen-bond acceptors (Lipinski definition) is 1. The number of alkyl halides is 1. The molecule has 0 spiro atoms. The summed E-state index contributed by atoms with van der Waals surface area (Å²) < 4.78 is 0. The highest BCUT2D eigenvalue weighted by Gasteiger charge is 2.40. The van der Waals surface area contributed by atoms with Gasteiger partial charge in [-0.25, -0.2) is 0 Å². The standard InChI is InChI=1S/C19H27ClS/c1-13-8-9-16(17(20)10-13)19(2,3)11-14-12-21-18-7-5-4-6-15(14)18/h4-7,13-14,16-17H,8-12H2,1-3H3. The van der Waals surface area contributed by atoms with Crippen molar-refractivity contribution in [2.75, 3.05) is 5.75 Å². The molecule has 0 N–H and O–H groups in total. The Morgan fingerprint density at radius 1 is 1.24 bits per heavy atom. The molecular weight excluding hydrogens is 296 g/mol. The molecule has 1 fully saturated rings. The average Bonchev–Trinajstić information content (AvgIpc) is 2.81. The average molecular weight is 323 g/mol. The second-order valence-electron chi connectivity index (χ2n) is 7.78. The van der Waals surface area contributed by atoms with Crippen LogP contribution in [0.4, 0.5) is 0 Å². The fraction of sp³-hybridized carbons (Fsp3) is 0.684. The lowest BCUT2D eigenvalue weighted by Gasteiger charge is -2.43. The second kappa shape index (κ2) is 6.16. The Morgan fingerprint density at radius 2 is 2.00 bits per heavy atom. The highest BCUT2D eigenvalue weighted by atomic mass is 35.5. The fourth-order valence-electron chi connectivity index (χ4n) is 4.38. The van der Waals surface area contributed by atoms with Gasteiger partial charge in [0.05, 0.1) is 0 Å². The van der Waals surface area contributed by atoms with E-state index in [1.807, 2.05) is 11.8 Å². The van der Waals surface area contributed by atoms with Crippen molar-refractivity contribution < 1.29 is 0 Å². The van der Waals surface area contributed by atoms with Crippen molar-refractivity contribution in [2.45, 2.75) is 62.6 Å². The molecule has 0 aromatic heterocycles. The predicted molar refractivity (Wildman–Crippen MR) is 94.5 cm³/mol. The Bertz CT molecular complexity index is 496. The minimum atomic E-state index is 0.342. The van der Waals surface area contributed by atoms with Crippen LogP contribution in [0.2, 0.25) is 0 Å². The number of hydrogen-bond donors (Lipinski definition) is 0. The third-order valence-corrected chi connectivity index (χ3v) is 7.34. The first-order chi connectivity index (χ1) is 9.97. The van der Waals surface area contributed by atoms with E-state index in [2.05, 4.69) is 45.0 Å². The third kappa shape index (κ3) is 3.29. The van der Waals surface area contributed by atoms with E-state index < -0.39 is 0 Å². The highest BCUT2D eigenvalue weighted by molar-refractivity contribution is 7.99. The monoisotopic (exact) mass is 322 g/mol. The summed E-state index contributed by atoms with van der Waals surface area (Å²) in [6, 6.07) is 8.96. The third-order valence-electron chi connectivity index (χ3n) is 5.61. The molecule has 0 radical (unpaired) electrons. The zero-order valence-electron chi connectivity index (χ0n) is 13.4. The lowest BCUT2D eigenvalue weighted by atomic mass is 9.65. The summed E-state index contributed by atoms with van der Waals surface area (Å²) in [6.45, 7) is 7.26. The van der Waals surface area contributed by atoms with E-state index in [0.29, 0.717) is 22.6 Å². The molecule has 1 saturated carbocycles. The summed E-state index contributed by atoms with van der Waals surface area (Å²) in [5.41, 5.74) is 1.92. The van der Waals surface area contributed by atoms with Crippen LogP contribution in [0.5, 0.6) is 0 Å². The predicted octanol–water partition coefficient (Wildman–Crippen LogP) is 6.34. The maximum Gasteiger partial charge on any atom is 0.0371 e. The van der Waals surface area contributed by atoms with Gasteiger partial charge in [-0.05, 0) is 54.1 Å². The van der Waals surface area contributed by atoms with E-state index in [1.165, 1.54) is 36.3 Å². The van der Waals surface area contributed by atoms with Crippen LogP contribution in [0.15, 0.2) is 29.2 Å². The summed E-state index contributed by atoms with van der Waals surface area (Å²) in [5.74, 6) is 3.44. The maximum absolute atomic E-state index is 6.74. The van der Waals surface area contributed by atoms with Gasteiger partial charge in [0, 0.05) is 16.0 Å². The molecule has 0 nitrogen and oxygen atoms in total. The fourth-order valence-corrected chi connectivity index (χ4v) is 6.40. The van der Waals surface area contributed by atoms with Crippen molar-refractivity contribution in [3.05, 3.63) is 29.8 Å². The molecule has 0 amide bonds. The molecule has 116 valence electrons. The summed E-state index contributed by atoms with van der Waals surface area (Å²) in [6.07, 6.45) is 5.14. The Hall–Kier alpha value is -0.140. The Balaban J connectivity index is 1.72. The van der Waals surface area contributed by atoms with E-state index in [0.717, 1.165) is 5.92 Å². The molecule has 4 atom stereocenters. The smallest absolute Gasteiger partial charge is 0.0371 e. The number of rotatable bonds is 3. The molecule has 0 bridgehead atoms. The Labute approximate surface area is 139 Å². The van der Waals surface area contributed by atoms with Gasteiger partial charge in [-0.15, -0.1) is 23.4 Å². The lowest BCUT2D eigenvalue weighted by Crippen LogP contribution is -2.37. The maximum atomic E-state index is 6.74. The van der Waals surface area contributed by atoms with Crippen LogP contribution in [-0.2, 0) is 0 Å². The van der Waals surface area contributed by atoms with E-state index in [1.54, 1.807) is 5.56 Å². The molecule has 1 aromatic carbocycles. The minimum Gasteiger partial charge on any atom is -0.125 e. The molecule has 1 aliphatic heterocycles. The van der Waals surface area contributed by atoms with Gasteiger partial charge in [0.1, 0.15) is 0 Å². The number of benzene rings is 1. The van der Waals surface area contributed by atoms with Crippen molar-refractivity contribution in [2.24, 2.45) is 17.3 Å². The van der Waals surface area contributed by atoms with Crippen molar-refractivity contribution in [3.63, 3.8) is 0 Å². The number of thioether (sulfide) groups is 1. The van der Waals surface area contributed by atoms with Crippen molar-refractivity contribution in [3.8, 4) is 0 Å². The summed E-state index contributed by atoms with van der Waals surface area (Å²) in [5, 5.41) is 0.369. The van der Waals surface area contributed by atoms with Crippen LogP contribution in [0, 0.1) is 17.3 Å². The SMILES string of the molecule is CC1CCC(C(C)(C)CC2CSc3ccccc32)C(Cl)C1. The van der Waals surface area contributed by atoms with Gasteiger partial charge in [0.15, 0.2) is 0 Å². The van der Waals surface area contributed by atoms with E-state index in [4.69, 9.17) is 11.6 Å². The van der Waals surface area contributed by atoms with Crippen molar-refractivity contribution in [1.82, 2.24) is 0 Å². The number of fused-ring (bicyclic) bond motifs is 1. The molecule has 1 aromatic rings. The largest absolute Gasteiger partial charge is 0.125 e. The molecule has 3 rings (SSSR count). The quantitative estimate of drug-likeness (QED) is 0.585.